The zero-order valence-corrected chi connectivity index (χ0v) is 15.8. The predicted molar refractivity (Wildman–Crippen MR) is 98.8 cm³/mol. The number of hydrogen-bond donors (Lipinski definition) is 2. The maximum Gasteiger partial charge on any atom is 0.405 e. The van der Waals surface area contributed by atoms with Crippen molar-refractivity contribution in [3.05, 3.63) is 46.9 Å². The summed E-state index contributed by atoms with van der Waals surface area (Å²) in [7, 11) is 0. The number of fused-ring (bicyclic) bond motifs is 1. The lowest BCUT2D eigenvalue weighted by atomic mass is 9.76. The molecule has 2 aromatic rings. The summed E-state index contributed by atoms with van der Waals surface area (Å²) >= 11 is 0. The lowest BCUT2D eigenvalue weighted by molar-refractivity contribution is -0.115. The molecule has 0 atom stereocenters. The SMILES string of the molecule is Cc1c(C(=O)Nc2ccccc2NCC(F)(F)F)oc2c1C(=O)CC(C)(C)C2. The Hall–Kier alpha value is -2.77. The van der Waals surface area contributed by atoms with Crippen LogP contribution in [0.2, 0.25) is 0 Å². The molecule has 1 heterocycles. The van der Waals surface area contributed by atoms with Crippen LogP contribution in [0, 0.1) is 12.3 Å². The molecule has 2 N–H and O–H groups in total. The zero-order chi connectivity index (χ0) is 20.7. The van der Waals surface area contributed by atoms with Gasteiger partial charge in [0, 0.05) is 18.4 Å². The topological polar surface area (TPSA) is 71.3 Å². The van der Waals surface area contributed by atoms with Crippen LogP contribution in [0.5, 0.6) is 0 Å². The highest BCUT2D eigenvalue weighted by molar-refractivity contribution is 6.08. The third-order valence-electron chi connectivity index (χ3n) is 4.64. The normalized spacial score (nSPS) is 15.9. The van der Waals surface area contributed by atoms with Crippen LogP contribution < -0.4 is 10.6 Å². The van der Waals surface area contributed by atoms with Crippen molar-refractivity contribution in [3.63, 3.8) is 0 Å². The first kappa shape index (κ1) is 20.0. The molecule has 1 aromatic heterocycles. The summed E-state index contributed by atoms with van der Waals surface area (Å²) in [6, 6.07) is 6.09. The zero-order valence-electron chi connectivity index (χ0n) is 15.8. The van der Waals surface area contributed by atoms with Gasteiger partial charge in [-0.2, -0.15) is 13.2 Å². The summed E-state index contributed by atoms with van der Waals surface area (Å²) in [5, 5.41) is 4.84. The van der Waals surface area contributed by atoms with Crippen molar-refractivity contribution in [2.24, 2.45) is 5.41 Å². The van der Waals surface area contributed by atoms with Crippen LogP contribution in [0.4, 0.5) is 24.5 Å². The summed E-state index contributed by atoms with van der Waals surface area (Å²) in [5.41, 5.74) is 0.967. The van der Waals surface area contributed by atoms with Crippen molar-refractivity contribution in [2.45, 2.75) is 39.8 Å². The molecule has 150 valence electrons. The lowest BCUT2D eigenvalue weighted by Crippen LogP contribution is -2.26. The van der Waals surface area contributed by atoms with E-state index in [9.17, 15) is 22.8 Å². The second kappa shape index (κ2) is 7.00. The smallest absolute Gasteiger partial charge is 0.405 e. The first-order valence-electron chi connectivity index (χ1n) is 8.83. The quantitative estimate of drug-likeness (QED) is 0.768. The van der Waals surface area contributed by atoms with Crippen LogP contribution in [0.3, 0.4) is 0 Å². The number of furan rings is 1. The second-order valence-corrected chi connectivity index (χ2v) is 7.76. The summed E-state index contributed by atoms with van der Waals surface area (Å²) in [5.74, 6) is -0.202. The van der Waals surface area contributed by atoms with Gasteiger partial charge in [0.05, 0.1) is 16.9 Å². The minimum absolute atomic E-state index is 0.00155. The summed E-state index contributed by atoms with van der Waals surface area (Å²) < 4.78 is 43.2. The Morgan fingerprint density at radius 1 is 1.18 bits per heavy atom. The largest absolute Gasteiger partial charge is 0.455 e. The Labute approximate surface area is 160 Å². The number of nitrogens with one attached hydrogen (secondary N) is 2. The highest BCUT2D eigenvalue weighted by Gasteiger charge is 2.37. The van der Waals surface area contributed by atoms with Gasteiger partial charge < -0.3 is 15.1 Å². The third-order valence-corrected chi connectivity index (χ3v) is 4.64. The molecule has 8 heteroatoms. The number of benzene rings is 1. The molecule has 1 aliphatic rings. The Bertz CT molecular complexity index is 929. The van der Waals surface area contributed by atoms with Gasteiger partial charge in [0.2, 0.25) is 0 Å². The van der Waals surface area contributed by atoms with E-state index in [0.717, 1.165) is 0 Å². The minimum atomic E-state index is -4.39. The highest BCUT2D eigenvalue weighted by Crippen LogP contribution is 2.38. The molecule has 28 heavy (non-hydrogen) atoms. The molecule has 0 radical (unpaired) electrons. The van der Waals surface area contributed by atoms with Crippen molar-refractivity contribution >= 4 is 23.1 Å². The van der Waals surface area contributed by atoms with Crippen LogP contribution in [-0.2, 0) is 6.42 Å². The van der Waals surface area contributed by atoms with Gasteiger partial charge in [-0.15, -0.1) is 0 Å². The number of hydrogen-bond acceptors (Lipinski definition) is 4. The Balaban J connectivity index is 1.85. The second-order valence-electron chi connectivity index (χ2n) is 7.76. The average Bonchev–Trinajstić information content (AvgIpc) is 2.88. The standard InChI is InChI=1S/C20H21F3N2O3/c1-11-16-14(26)8-19(2,3)9-15(16)28-17(11)18(27)25-13-7-5-4-6-12(13)24-10-20(21,22)23/h4-7,24H,8-10H2,1-3H3,(H,25,27). The van der Waals surface area contributed by atoms with Crippen LogP contribution in [0.25, 0.3) is 0 Å². The van der Waals surface area contributed by atoms with Gasteiger partial charge in [0.1, 0.15) is 12.3 Å². The number of rotatable bonds is 4. The highest BCUT2D eigenvalue weighted by atomic mass is 19.4. The average molecular weight is 394 g/mol. The fourth-order valence-corrected chi connectivity index (χ4v) is 3.42. The lowest BCUT2D eigenvalue weighted by Gasteiger charge is -2.27. The Kier molecular flexibility index (Phi) is 4.99. The van der Waals surface area contributed by atoms with Gasteiger partial charge in [-0.05, 0) is 24.5 Å². The molecule has 1 amide bonds. The molecule has 0 saturated carbocycles. The predicted octanol–water partition coefficient (Wildman–Crippen LogP) is 4.97. The minimum Gasteiger partial charge on any atom is -0.455 e. The summed E-state index contributed by atoms with van der Waals surface area (Å²) in [6.45, 7) is 4.32. The van der Waals surface area contributed by atoms with E-state index in [-0.39, 0.29) is 28.3 Å². The number of carbonyl (C=O) groups is 2. The van der Waals surface area contributed by atoms with Gasteiger partial charge in [-0.25, -0.2) is 0 Å². The van der Waals surface area contributed by atoms with Gasteiger partial charge in [0.25, 0.3) is 5.91 Å². The Morgan fingerprint density at radius 3 is 2.46 bits per heavy atom. The number of halogens is 3. The van der Waals surface area contributed by atoms with Crippen LogP contribution in [0.15, 0.2) is 28.7 Å². The maximum atomic E-state index is 12.7. The summed E-state index contributed by atoms with van der Waals surface area (Å²) in [6.07, 6.45) is -3.49. The number of amides is 1. The maximum absolute atomic E-state index is 12.7. The third kappa shape index (κ3) is 4.21. The van der Waals surface area contributed by atoms with Gasteiger partial charge in [-0.3, -0.25) is 9.59 Å². The number of alkyl halides is 3. The van der Waals surface area contributed by atoms with Gasteiger partial charge in [0.15, 0.2) is 11.5 Å². The van der Waals surface area contributed by atoms with Crippen LogP contribution in [0.1, 0.15) is 52.5 Å². The first-order valence-corrected chi connectivity index (χ1v) is 8.83. The molecule has 0 fully saturated rings. The van der Waals surface area contributed by atoms with E-state index in [1.54, 1.807) is 19.1 Å². The Morgan fingerprint density at radius 2 is 1.82 bits per heavy atom. The van der Waals surface area contributed by atoms with Gasteiger partial charge in [-0.1, -0.05) is 26.0 Å². The summed E-state index contributed by atoms with van der Waals surface area (Å²) in [4.78, 5) is 25.1. The van der Waals surface area contributed by atoms with E-state index in [1.807, 2.05) is 13.8 Å². The van der Waals surface area contributed by atoms with Crippen molar-refractivity contribution in [3.8, 4) is 0 Å². The molecule has 3 rings (SSSR count). The van der Waals surface area contributed by atoms with E-state index in [1.165, 1.54) is 12.1 Å². The molecule has 0 saturated heterocycles. The number of carbonyl (C=O) groups excluding carboxylic acids is 2. The number of ketones is 1. The molecular formula is C20H21F3N2O3. The first-order chi connectivity index (χ1) is 13.0. The van der Waals surface area contributed by atoms with Crippen LogP contribution >= 0.6 is 0 Å². The molecule has 0 aliphatic heterocycles. The molecule has 0 bridgehead atoms. The molecule has 1 aromatic carbocycles. The van der Waals surface area contributed by atoms with E-state index in [0.29, 0.717) is 29.7 Å². The van der Waals surface area contributed by atoms with Gasteiger partial charge >= 0.3 is 6.18 Å². The molecule has 0 unspecified atom stereocenters. The molecule has 5 nitrogen and oxygen atoms in total. The fraction of sp³-hybridized carbons (Fsp3) is 0.400. The molecular weight excluding hydrogens is 373 g/mol. The molecule has 1 aliphatic carbocycles. The number of anilines is 2. The fourth-order valence-electron chi connectivity index (χ4n) is 3.42. The van der Waals surface area contributed by atoms with Crippen LogP contribution in [-0.4, -0.2) is 24.4 Å². The van der Waals surface area contributed by atoms with E-state index >= 15 is 0 Å². The van der Waals surface area contributed by atoms with E-state index < -0.39 is 18.6 Å². The van der Waals surface area contributed by atoms with E-state index in [4.69, 9.17) is 4.42 Å². The number of para-hydroxylation sites is 2. The number of Topliss-reactive ketones (excluding diaryl/α,β-unsaturated/α-hetero) is 1. The monoisotopic (exact) mass is 394 g/mol. The van der Waals surface area contributed by atoms with Crippen molar-refractivity contribution in [2.75, 3.05) is 17.2 Å². The van der Waals surface area contributed by atoms with Crippen molar-refractivity contribution in [1.29, 1.82) is 0 Å². The van der Waals surface area contributed by atoms with Crippen molar-refractivity contribution < 1.29 is 27.2 Å². The van der Waals surface area contributed by atoms with E-state index in [2.05, 4.69) is 10.6 Å². The van der Waals surface area contributed by atoms with Crippen molar-refractivity contribution in [1.82, 2.24) is 0 Å². The molecule has 0 spiro atoms.